The van der Waals surface area contributed by atoms with Crippen molar-refractivity contribution in [3.63, 3.8) is 0 Å². The maximum Gasteiger partial charge on any atom is 0.287 e. The first-order valence-corrected chi connectivity index (χ1v) is 9.50. The molecule has 1 aliphatic heterocycles. The minimum atomic E-state index is -3.10. The lowest BCUT2D eigenvalue weighted by atomic mass is 10.1. The van der Waals surface area contributed by atoms with Gasteiger partial charge in [-0.05, 0) is 24.6 Å². The monoisotopic (exact) mass is 384 g/mol. The first-order valence-electron chi connectivity index (χ1n) is 7.30. The molecule has 1 amide bonds. The molecule has 0 aliphatic carbocycles. The molecule has 0 bridgehead atoms. The Morgan fingerprint density at radius 3 is 2.68 bits per heavy atom. The molecule has 0 spiro atoms. The van der Waals surface area contributed by atoms with E-state index in [0.717, 1.165) is 0 Å². The Hall–Kier alpha value is -2.39. The minimum absolute atomic E-state index is 0.00807. The largest absolute Gasteiger partial charge is 0.451 e. The van der Waals surface area contributed by atoms with Crippen molar-refractivity contribution in [3.8, 4) is 11.3 Å². The van der Waals surface area contributed by atoms with Gasteiger partial charge in [-0.25, -0.2) is 8.42 Å². The topological polar surface area (TPSA) is 120 Å². The van der Waals surface area contributed by atoms with Crippen LogP contribution < -0.4 is 5.32 Å². The molecule has 1 fully saturated rings. The third-order valence-electron chi connectivity index (χ3n) is 3.83. The van der Waals surface area contributed by atoms with E-state index in [1.165, 1.54) is 30.3 Å². The molecular formula is C15H13ClN2O6S. The molecular weight excluding hydrogens is 372 g/mol. The zero-order valence-electron chi connectivity index (χ0n) is 12.8. The van der Waals surface area contributed by atoms with E-state index in [2.05, 4.69) is 5.32 Å². The first kappa shape index (κ1) is 17.4. The summed E-state index contributed by atoms with van der Waals surface area (Å²) >= 11 is 6.03. The van der Waals surface area contributed by atoms with Crippen LogP contribution >= 0.6 is 11.6 Å². The number of nitrogens with zero attached hydrogens (tertiary/aromatic N) is 1. The predicted octanol–water partition coefficient (Wildman–Crippen LogP) is 2.43. The Kier molecular flexibility index (Phi) is 4.53. The quantitative estimate of drug-likeness (QED) is 0.638. The smallest absolute Gasteiger partial charge is 0.287 e. The SMILES string of the molecule is O=C(N[C@@H]1CCS(=O)(=O)C1)c1ccc(-c2ccc([N+](=O)[O-])cc2Cl)o1. The van der Waals surface area contributed by atoms with Crippen LogP contribution in [0.1, 0.15) is 17.0 Å². The molecule has 1 saturated heterocycles. The summed E-state index contributed by atoms with van der Waals surface area (Å²) in [4.78, 5) is 22.3. The Balaban J connectivity index is 1.76. The van der Waals surface area contributed by atoms with Crippen molar-refractivity contribution in [3.05, 3.63) is 51.2 Å². The second kappa shape index (κ2) is 6.49. The molecule has 8 nitrogen and oxygen atoms in total. The molecule has 3 rings (SSSR count). The summed E-state index contributed by atoms with van der Waals surface area (Å²) in [7, 11) is -3.10. The summed E-state index contributed by atoms with van der Waals surface area (Å²) in [5.74, 6) is -0.260. The number of furan rings is 1. The standard InChI is InChI=1S/C15H13ClN2O6S/c16-12-7-10(18(20)21)1-2-11(12)13-3-4-14(24-13)15(19)17-9-5-6-25(22,23)8-9/h1-4,7,9H,5-6,8H2,(H,17,19)/t9-/m1/s1. The van der Waals surface area contributed by atoms with Gasteiger partial charge in [-0.15, -0.1) is 0 Å². The number of sulfone groups is 1. The highest BCUT2D eigenvalue weighted by Gasteiger charge is 2.29. The fraction of sp³-hybridized carbons (Fsp3) is 0.267. The average Bonchev–Trinajstić information content (AvgIpc) is 3.14. The number of nitro groups is 1. The number of rotatable bonds is 4. The van der Waals surface area contributed by atoms with E-state index in [0.29, 0.717) is 12.0 Å². The number of carbonyl (C=O) groups excluding carboxylic acids is 1. The van der Waals surface area contributed by atoms with Crippen molar-refractivity contribution in [2.24, 2.45) is 0 Å². The average molecular weight is 385 g/mol. The number of amides is 1. The molecule has 1 N–H and O–H groups in total. The Bertz CT molecular complexity index is 953. The highest BCUT2D eigenvalue weighted by Crippen LogP contribution is 2.32. The van der Waals surface area contributed by atoms with E-state index in [4.69, 9.17) is 16.0 Å². The summed E-state index contributed by atoms with van der Waals surface area (Å²) < 4.78 is 28.3. The van der Waals surface area contributed by atoms with E-state index in [9.17, 15) is 23.3 Å². The van der Waals surface area contributed by atoms with Gasteiger partial charge in [0.05, 0.1) is 21.5 Å². The molecule has 132 valence electrons. The highest BCUT2D eigenvalue weighted by molar-refractivity contribution is 7.91. The third-order valence-corrected chi connectivity index (χ3v) is 5.91. The van der Waals surface area contributed by atoms with Crippen molar-refractivity contribution >= 4 is 33.0 Å². The molecule has 1 atom stereocenters. The van der Waals surface area contributed by atoms with E-state index in [1.54, 1.807) is 0 Å². The van der Waals surface area contributed by atoms with Gasteiger partial charge in [0.2, 0.25) is 0 Å². The van der Waals surface area contributed by atoms with Crippen LogP contribution in [0.15, 0.2) is 34.7 Å². The van der Waals surface area contributed by atoms with Crippen molar-refractivity contribution in [2.75, 3.05) is 11.5 Å². The number of halogens is 1. The van der Waals surface area contributed by atoms with Crippen LogP contribution in [0.5, 0.6) is 0 Å². The number of nitrogens with one attached hydrogen (secondary N) is 1. The molecule has 1 aliphatic rings. The van der Waals surface area contributed by atoms with Gasteiger partial charge in [0.1, 0.15) is 5.76 Å². The van der Waals surface area contributed by atoms with Crippen LogP contribution in [0.3, 0.4) is 0 Å². The van der Waals surface area contributed by atoms with Gasteiger partial charge in [-0.1, -0.05) is 11.6 Å². The van der Waals surface area contributed by atoms with Crippen LogP contribution in [0.4, 0.5) is 5.69 Å². The van der Waals surface area contributed by atoms with Gasteiger partial charge < -0.3 is 9.73 Å². The second-order valence-electron chi connectivity index (χ2n) is 5.66. The summed E-state index contributed by atoms with van der Waals surface area (Å²) in [6, 6.07) is 6.44. The zero-order chi connectivity index (χ0) is 18.2. The third kappa shape index (κ3) is 3.83. The number of non-ortho nitro benzene ring substituents is 1. The number of nitro benzene ring substituents is 1. The van der Waals surface area contributed by atoms with Crippen molar-refractivity contribution in [1.82, 2.24) is 5.32 Å². The molecule has 2 heterocycles. The number of hydrogen-bond donors (Lipinski definition) is 1. The molecule has 10 heteroatoms. The number of carbonyl (C=O) groups is 1. The number of hydrogen-bond acceptors (Lipinski definition) is 6. The molecule has 2 aromatic rings. The summed E-state index contributed by atoms with van der Waals surface area (Å²) in [6.45, 7) is 0. The van der Waals surface area contributed by atoms with E-state index in [1.807, 2.05) is 0 Å². The highest BCUT2D eigenvalue weighted by atomic mass is 35.5. The van der Waals surface area contributed by atoms with Crippen LogP contribution in [0.2, 0.25) is 5.02 Å². The Labute approximate surface area is 147 Å². The summed E-state index contributed by atoms with van der Waals surface area (Å²) in [5.41, 5.74) is 0.260. The normalized spacial score (nSPS) is 18.8. The Morgan fingerprint density at radius 1 is 1.32 bits per heavy atom. The van der Waals surface area contributed by atoms with Crippen LogP contribution in [0, 0.1) is 10.1 Å². The Morgan fingerprint density at radius 2 is 2.08 bits per heavy atom. The van der Waals surface area contributed by atoms with Crippen LogP contribution in [-0.2, 0) is 9.84 Å². The van der Waals surface area contributed by atoms with Crippen LogP contribution in [0.25, 0.3) is 11.3 Å². The second-order valence-corrected chi connectivity index (χ2v) is 8.29. The first-order chi connectivity index (χ1) is 11.7. The van der Waals surface area contributed by atoms with Crippen molar-refractivity contribution in [2.45, 2.75) is 12.5 Å². The van der Waals surface area contributed by atoms with Gasteiger partial charge in [-0.2, -0.15) is 0 Å². The van der Waals surface area contributed by atoms with Crippen molar-refractivity contribution in [1.29, 1.82) is 0 Å². The van der Waals surface area contributed by atoms with Gasteiger partial charge in [0.25, 0.3) is 11.6 Å². The molecule has 1 aromatic heterocycles. The van der Waals surface area contributed by atoms with Gasteiger partial charge in [0.15, 0.2) is 15.6 Å². The maximum absolute atomic E-state index is 12.2. The lowest BCUT2D eigenvalue weighted by Crippen LogP contribution is -2.35. The molecule has 25 heavy (non-hydrogen) atoms. The van der Waals surface area contributed by atoms with E-state index in [-0.39, 0.29) is 33.7 Å². The van der Waals surface area contributed by atoms with Crippen molar-refractivity contribution < 1.29 is 22.6 Å². The summed E-state index contributed by atoms with van der Waals surface area (Å²) in [5, 5.41) is 13.5. The van der Waals surface area contributed by atoms with Gasteiger partial charge in [-0.3, -0.25) is 14.9 Å². The fourth-order valence-electron chi connectivity index (χ4n) is 2.59. The van der Waals surface area contributed by atoms with E-state index < -0.39 is 26.7 Å². The van der Waals surface area contributed by atoms with Gasteiger partial charge >= 0.3 is 0 Å². The minimum Gasteiger partial charge on any atom is -0.451 e. The number of benzene rings is 1. The van der Waals surface area contributed by atoms with Crippen LogP contribution in [-0.4, -0.2) is 36.8 Å². The molecule has 0 saturated carbocycles. The van der Waals surface area contributed by atoms with E-state index >= 15 is 0 Å². The maximum atomic E-state index is 12.2. The lowest BCUT2D eigenvalue weighted by Gasteiger charge is -2.08. The molecule has 0 unspecified atom stereocenters. The lowest BCUT2D eigenvalue weighted by molar-refractivity contribution is -0.384. The molecule has 0 radical (unpaired) electrons. The zero-order valence-corrected chi connectivity index (χ0v) is 14.3. The predicted molar refractivity (Wildman–Crippen MR) is 90.3 cm³/mol. The summed E-state index contributed by atoms with van der Waals surface area (Å²) in [6.07, 6.45) is 0.371. The molecule has 1 aromatic carbocycles. The van der Waals surface area contributed by atoms with Gasteiger partial charge in [0, 0.05) is 23.7 Å². The fourth-order valence-corrected chi connectivity index (χ4v) is 4.53.